The van der Waals surface area contributed by atoms with Crippen LogP contribution in [0.3, 0.4) is 0 Å². The fraction of sp³-hybridized carbons (Fsp3) is 0.393. The van der Waals surface area contributed by atoms with E-state index in [0.717, 1.165) is 59.1 Å². The van der Waals surface area contributed by atoms with Crippen molar-refractivity contribution in [3.63, 3.8) is 0 Å². The number of nitrogens with one attached hydrogen (secondary N) is 2. The Morgan fingerprint density at radius 3 is 1.42 bits per heavy atom. The van der Waals surface area contributed by atoms with Crippen LogP contribution in [0.4, 0.5) is 11.6 Å². The molecule has 4 aromatic carbocycles. The Bertz CT molecular complexity index is 2940. The van der Waals surface area contributed by atoms with Crippen molar-refractivity contribution in [2.45, 2.75) is 118 Å². The van der Waals surface area contributed by atoms with E-state index in [1.165, 1.54) is 19.8 Å². The Morgan fingerprint density at radius 1 is 0.630 bits per heavy atom. The van der Waals surface area contributed by atoms with E-state index in [1.54, 1.807) is 24.3 Å². The van der Waals surface area contributed by atoms with Crippen LogP contribution in [0.5, 0.6) is 0 Å². The molecule has 2 amide bonds. The monoisotopic (exact) mass is 1010 g/mol. The van der Waals surface area contributed by atoms with Crippen LogP contribution in [0, 0.1) is 13.8 Å². The minimum Gasteiger partial charge on any atom is -0.465 e. The van der Waals surface area contributed by atoms with Gasteiger partial charge in [-0.3, -0.25) is 9.59 Å². The topological polar surface area (TPSA) is 182 Å². The first-order chi connectivity index (χ1) is 34.7. The molecule has 8 rings (SSSR count). The van der Waals surface area contributed by atoms with E-state index in [4.69, 9.17) is 13.9 Å². The molecule has 386 valence electrons. The van der Waals surface area contributed by atoms with Crippen LogP contribution in [0.15, 0.2) is 97.1 Å². The van der Waals surface area contributed by atoms with Crippen LogP contribution in [0.1, 0.15) is 133 Å². The second-order valence-corrected chi connectivity index (χ2v) is 25.1. The zero-order chi connectivity index (χ0) is 52.8. The Kier molecular flexibility index (Phi) is 16.8. The molecule has 0 unspecified atom stereocenters. The lowest BCUT2D eigenvalue weighted by molar-refractivity contribution is 0.0592. The van der Waals surface area contributed by atoms with Gasteiger partial charge in [-0.15, -0.1) is 0 Å². The minimum absolute atomic E-state index is 0.00294. The summed E-state index contributed by atoms with van der Waals surface area (Å²) in [5.74, 6) is 0.539. The van der Waals surface area contributed by atoms with Crippen molar-refractivity contribution in [2.75, 3.05) is 37.1 Å². The highest BCUT2D eigenvalue weighted by Gasteiger charge is 2.37. The summed E-state index contributed by atoms with van der Waals surface area (Å²) in [7, 11) is 0.863. The van der Waals surface area contributed by atoms with E-state index in [2.05, 4.69) is 88.8 Å². The largest absolute Gasteiger partial charge is 0.465 e. The SMILES string of the molecule is COC(=O)c1ccc([C@H](C)NC(=O)c2c(C)nn3c2N(Cc2cccc(CO)c2)CC3)cc1.COC(=O)c1ccc([C@H](C)NC(=O)c2c(C)nn3c2N(Cc2cccc(CO[Si](C)(C)C(C)(C)C)c2)CC3)cc1. The molecule has 4 heterocycles. The highest BCUT2D eigenvalue weighted by Crippen LogP contribution is 2.37. The van der Waals surface area contributed by atoms with Crippen LogP contribution in [0.25, 0.3) is 0 Å². The predicted octanol–water partition coefficient (Wildman–Crippen LogP) is 8.99. The van der Waals surface area contributed by atoms with Gasteiger partial charge in [0.1, 0.15) is 22.8 Å². The van der Waals surface area contributed by atoms with Crippen LogP contribution in [-0.4, -0.2) is 84.0 Å². The van der Waals surface area contributed by atoms with Crippen molar-refractivity contribution >= 4 is 43.7 Å². The maximum Gasteiger partial charge on any atom is 0.337 e. The summed E-state index contributed by atoms with van der Waals surface area (Å²) < 4.78 is 19.8. The Labute approximate surface area is 429 Å². The average molecular weight is 1010 g/mol. The number of hydrogen-bond donors (Lipinski definition) is 3. The summed E-state index contributed by atoms with van der Waals surface area (Å²) >= 11 is 0. The standard InChI is InChI=1S/C31H42N4O4Si.C25H28N4O4/c1-21(25-12-14-26(15-13-25)30(37)38-6)32-28(36)27-22(2)33-35-17-16-34(29(27)35)19-23-10-9-11-24(18-23)20-39-40(7,8)31(3,4)5;1-16(20-7-9-21(10-8-20)25(32)33-3)26-23(31)22-17(2)27-29-12-11-28(24(22)29)14-18-5-4-6-19(13-18)15-30/h9-15,18,21H,16-17,19-20H2,1-8H3,(H,32,36);4-10,13,16,30H,11-12,14-15H2,1-3H3,(H,26,31)/t21-;16-/m00/s1. The zero-order valence-corrected chi connectivity index (χ0v) is 45.0. The van der Waals surface area contributed by atoms with E-state index >= 15 is 0 Å². The number of rotatable bonds is 16. The molecule has 0 saturated carbocycles. The smallest absolute Gasteiger partial charge is 0.337 e. The molecule has 0 fully saturated rings. The number of aryl methyl sites for hydroxylation is 2. The van der Waals surface area contributed by atoms with E-state index in [-0.39, 0.29) is 41.5 Å². The molecule has 73 heavy (non-hydrogen) atoms. The van der Waals surface area contributed by atoms with Crippen LogP contribution in [0.2, 0.25) is 18.1 Å². The van der Waals surface area contributed by atoms with Gasteiger partial charge in [0, 0.05) is 26.2 Å². The third-order valence-electron chi connectivity index (χ3n) is 14.1. The molecule has 3 N–H and O–H groups in total. The lowest BCUT2D eigenvalue weighted by atomic mass is 10.1. The molecule has 0 bridgehead atoms. The van der Waals surface area contributed by atoms with Crippen molar-refractivity contribution in [3.8, 4) is 0 Å². The normalized spacial score (nSPS) is 13.9. The van der Waals surface area contributed by atoms with Crippen LogP contribution in [-0.2, 0) is 53.3 Å². The number of carbonyl (C=O) groups is 4. The first kappa shape index (κ1) is 53.7. The van der Waals surface area contributed by atoms with Gasteiger partial charge in [0.2, 0.25) is 0 Å². The second-order valence-electron chi connectivity index (χ2n) is 20.3. The number of fused-ring (bicyclic) bond motifs is 2. The molecule has 0 spiro atoms. The minimum atomic E-state index is -1.84. The van der Waals surface area contributed by atoms with Crippen molar-refractivity contribution in [2.24, 2.45) is 0 Å². The number of benzene rings is 4. The van der Waals surface area contributed by atoms with Gasteiger partial charge >= 0.3 is 11.9 Å². The van der Waals surface area contributed by atoms with Crippen molar-refractivity contribution in [3.05, 3.63) is 164 Å². The lowest BCUT2D eigenvalue weighted by Gasteiger charge is -2.36. The number of anilines is 2. The lowest BCUT2D eigenvalue weighted by Crippen LogP contribution is -2.40. The van der Waals surface area contributed by atoms with Crippen molar-refractivity contribution in [1.82, 2.24) is 30.2 Å². The van der Waals surface area contributed by atoms with Crippen LogP contribution >= 0.6 is 0 Å². The number of methoxy groups -OCH3 is 2. The number of aliphatic hydroxyl groups is 1. The number of aliphatic hydroxyl groups excluding tert-OH is 1. The molecular formula is C56H70N8O8Si. The average Bonchev–Trinajstić information content (AvgIpc) is 4.13. The fourth-order valence-corrected chi connectivity index (χ4v) is 9.86. The number of esters is 2. The third-order valence-corrected chi connectivity index (χ3v) is 18.6. The third kappa shape index (κ3) is 12.4. The molecule has 0 radical (unpaired) electrons. The van der Waals surface area contributed by atoms with E-state index in [0.29, 0.717) is 59.9 Å². The summed E-state index contributed by atoms with van der Waals surface area (Å²) in [6, 6.07) is 29.9. The highest BCUT2D eigenvalue weighted by molar-refractivity contribution is 6.74. The molecule has 6 aromatic rings. The molecule has 0 aliphatic carbocycles. The molecule has 2 aromatic heterocycles. The summed E-state index contributed by atoms with van der Waals surface area (Å²) in [5.41, 5.74) is 9.56. The van der Waals surface area contributed by atoms with Crippen LogP contribution < -0.4 is 20.4 Å². The van der Waals surface area contributed by atoms with Gasteiger partial charge < -0.3 is 39.4 Å². The van der Waals surface area contributed by atoms with Gasteiger partial charge in [0.15, 0.2) is 8.32 Å². The number of aromatic nitrogens is 4. The van der Waals surface area contributed by atoms with Gasteiger partial charge in [-0.25, -0.2) is 19.0 Å². The number of nitrogens with zero attached hydrogens (tertiary/aromatic N) is 6. The fourth-order valence-electron chi connectivity index (χ4n) is 8.90. The number of amides is 2. The van der Waals surface area contributed by atoms with E-state index in [9.17, 15) is 24.3 Å². The molecule has 16 nitrogen and oxygen atoms in total. The summed E-state index contributed by atoms with van der Waals surface area (Å²) in [6.07, 6.45) is 0. The Balaban J connectivity index is 0.000000218. The zero-order valence-electron chi connectivity index (χ0n) is 44.0. The van der Waals surface area contributed by atoms with Gasteiger partial charge in [0.25, 0.3) is 11.8 Å². The molecule has 2 atom stereocenters. The predicted molar refractivity (Wildman–Crippen MR) is 284 cm³/mol. The second kappa shape index (κ2) is 22.8. The van der Waals surface area contributed by atoms with Gasteiger partial charge in [-0.05, 0) is 103 Å². The molecule has 2 aliphatic heterocycles. The van der Waals surface area contributed by atoms with E-state index in [1.807, 2.05) is 85.6 Å². The van der Waals surface area contributed by atoms with Gasteiger partial charge in [-0.1, -0.05) is 93.6 Å². The first-order valence-corrected chi connectivity index (χ1v) is 27.7. The Morgan fingerprint density at radius 2 is 1.03 bits per heavy atom. The number of ether oxygens (including phenoxy) is 2. The molecule has 0 saturated heterocycles. The number of carbonyl (C=O) groups excluding carboxylic acids is 4. The quantitative estimate of drug-likeness (QED) is 0.0619. The number of hydrogen-bond acceptors (Lipinski definition) is 12. The van der Waals surface area contributed by atoms with Crippen molar-refractivity contribution < 1.29 is 38.2 Å². The first-order valence-electron chi connectivity index (χ1n) is 24.7. The molecule has 2 aliphatic rings. The highest BCUT2D eigenvalue weighted by atomic mass is 28.4. The summed E-state index contributed by atoms with van der Waals surface area (Å²) in [6.45, 7) is 23.8. The Hall–Kier alpha value is -7.08. The van der Waals surface area contributed by atoms with Crippen molar-refractivity contribution in [1.29, 1.82) is 0 Å². The maximum atomic E-state index is 13.5. The van der Waals surface area contributed by atoms with E-state index < -0.39 is 14.3 Å². The molecule has 17 heteroatoms. The van der Waals surface area contributed by atoms with Gasteiger partial charge in [-0.2, -0.15) is 10.2 Å². The summed E-state index contributed by atoms with van der Waals surface area (Å²) in [4.78, 5) is 54.6. The van der Waals surface area contributed by atoms with Gasteiger partial charge in [0.05, 0.1) is 75.1 Å². The molecular weight excluding hydrogens is 941 g/mol. The maximum absolute atomic E-state index is 13.5. The summed E-state index contributed by atoms with van der Waals surface area (Å²) in [5, 5.41) is 25.0.